The number of nitrogens with zero attached hydrogens (tertiary/aromatic N) is 4. The van der Waals surface area contributed by atoms with Crippen LogP contribution in [0.3, 0.4) is 0 Å². The van der Waals surface area contributed by atoms with Crippen LogP contribution in [0.2, 0.25) is 0 Å². The lowest BCUT2D eigenvalue weighted by atomic mass is 10.1. The Morgan fingerprint density at radius 1 is 1.06 bits per heavy atom. The molecule has 1 fully saturated rings. The maximum absolute atomic E-state index is 13.2. The van der Waals surface area contributed by atoms with Gasteiger partial charge in [0.15, 0.2) is 5.78 Å². The number of carbonyl (C=O) groups is 2. The number of carbonyl (C=O) groups excluding carboxylic acids is 2. The first-order valence-corrected chi connectivity index (χ1v) is 11.1. The highest BCUT2D eigenvalue weighted by Gasteiger charge is 2.21. The van der Waals surface area contributed by atoms with Crippen LogP contribution in [-0.4, -0.2) is 36.5 Å². The van der Waals surface area contributed by atoms with Crippen LogP contribution in [0.25, 0.3) is 16.7 Å². The molecule has 174 valence electrons. The lowest BCUT2D eigenvalue weighted by molar-refractivity contribution is 0.0936. The molecule has 0 aliphatic heterocycles. The van der Waals surface area contributed by atoms with E-state index in [0.29, 0.717) is 5.56 Å². The lowest BCUT2D eigenvalue weighted by Gasteiger charge is -2.12. The van der Waals surface area contributed by atoms with Crippen molar-refractivity contribution in [2.75, 3.05) is 0 Å². The SMILES string of the molecule is Cn1c(=O)c2ccc(C(=O)NC3CCCC3)cc2n2c(=O)n(CC(=O)c3ccc(F)cc3)nc12. The van der Waals surface area contributed by atoms with Gasteiger partial charge < -0.3 is 5.32 Å². The van der Waals surface area contributed by atoms with E-state index in [9.17, 15) is 23.6 Å². The van der Waals surface area contributed by atoms with Gasteiger partial charge in [-0.05, 0) is 55.3 Å². The van der Waals surface area contributed by atoms with Crippen LogP contribution in [0.4, 0.5) is 4.39 Å². The van der Waals surface area contributed by atoms with E-state index in [1.54, 1.807) is 6.07 Å². The van der Waals surface area contributed by atoms with Crippen molar-refractivity contribution in [1.29, 1.82) is 0 Å². The zero-order chi connectivity index (χ0) is 24.0. The second kappa shape index (κ2) is 8.36. The summed E-state index contributed by atoms with van der Waals surface area (Å²) in [7, 11) is 1.48. The Bertz CT molecular complexity index is 1560. The molecule has 1 aliphatic carbocycles. The summed E-state index contributed by atoms with van der Waals surface area (Å²) < 4.78 is 16.6. The third-order valence-electron chi connectivity index (χ3n) is 6.31. The summed E-state index contributed by atoms with van der Waals surface area (Å²) in [6.07, 6.45) is 4.01. The maximum atomic E-state index is 13.2. The van der Waals surface area contributed by atoms with E-state index in [0.717, 1.165) is 42.5 Å². The highest BCUT2D eigenvalue weighted by Crippen LogP contribution is 2.19. The van der Waals surface area contributed by atoms with E-state index in [1.807, 2.05) is 0 Å². The minimum absolute atomic E-state index is 0.0442. The van der Waals surface area contributed by atoms with E-state index in [4.69, 9.17) is 0 Å². The van der Waals surface area contributed by atoms with E-state index >= 15 is 0 Å². The second-order valence-electron chi connectivity index (χ2n) is 8.56. The topological polar surface area (TPSA) is 107 Å². The predicted molar refractivity (Wildman–Crippen MR) is 123 cm³/mol. The summed E-state index contributed by atoms with van der Waals surface area (Å²) in [5.41, 5.74) is -0.208. The van der Waals surface area contributed by atoms with E-state index < -0.39 is 17.3 Å². The number of amides is 1. The average molecular weight is 463 g/mol. The predicted octanol–water partition coefficient (Wildman–Crippen LogP) is 2.04. The molecule has 10 heteroatoms. The summed E-state index contributed by atoms with van der Waals surface area (Å²) in [6.45, 7) is -0.385. The molecule has 2 aromatic heterocycles. The number of fused-ring (bicyclic) bond motifs is 3. The molecule has 0 unspecified atom stereocenters. The number of nitrogens with one attached hydrogen (secondary N) is 1. The molecule has 2 heterocycles. The summed E-state index contributed by atoms with van der Waals surface area (Å²) in [5.74, 6) is -1.13. The first kappa shape index (κ1) is 21.7. The van der Waals surface area contributed by atoms with E-state index in [2.05, 4.69) is 10.4 Å². The second-order valence-corrected chi connectivity index (χ2v) is 8.56. The summed E-state index contributed by atoms with van der Waals surface area (Å²) in [6, 6.07) is 9.70. The Kier molecular flexibility index (Phi) is 5.35. The summed E-state index contributed by atoms with van der Waals surface area (Å²) in [5, 5.41) is 7.45. The fourth-order valence-corrected chi connectivity index (χ4v) is 4.44. The molecule has 1 saturated carbocycles. The Balaban J connectivity index is 1.59. The minimum atomic E-state index is -0.626. The Morgan fingerprint density at radius 3 is 2.44 bits per heavy atom. The molecule has 1 amide bonds. The Labute approximate surface area is 192 Å². The zero-order valence-corrected chi connectivity index (χ0v) is 18.5. The molecule has 34 heavy (non-hydrogen) atoms. The van der Waals surface area contributed by atoms with Crippen LogP contribution >= 0.6 is 0 Å². The Hall–Kier alpha value is -4.08. The number of halogens is 1. The van der Waals surface area contributed by atoms with Gasteiger partial charge in [0.25, 0.3) is 11.5 Å². The standard InChI is InChI=1S/C24H22FN5O4/c1-28-22(33)18-11-8-15(21(32)26-17-4-2-3-5-17)12-19(18)30-23(28)27-29(24(30)34)13-20(31)14-6-9-16(25)10-7-14/h6-12,17H,2-5,13H2,1H3,(H,26,32). The molecule has 0 saturated heterocycles. The number of benzene rings is 2. The average Bonchev–Trinajstić information content (AvgIpc) is 3.45. The molecular weight excluding hydrogens is 441 g/mol. The molecule has 1 N–H and O–H groups in total. The maximum Gasteiger partial charge on any atom is 0.352 e. The van der Waals surface area contributed by atoms with Gasteiger partial charge >= 0.3 is 5.69 Å². The molecule has 4 aromatic rings. The van der Waals surface area contributed by atoms with Crippen molar-refractivity contribution in [3.05, 3.63) is 80.2 Å². The van der Waals surface area contributed by atoms with E-state index in [-0.39, 0.29) is 46.3 Å². The molecule has 0 spiro atoms. The zero-order valence-electron chi connectivity index (χ0n) is 18.5. The monoisotopic (exact) mass is 463 g/mol. The van der Waals surface area contributed by atoms with Crippen LogP contribution < -0.4 is 16.6 Å². The van der Waals surface area contributed by atoms with Crippen molar-refractivity contribution >= 4 is 28.4 Å². The van der Waals surface area contributed by atoms with Crippen molar-refractivity contribution in [2.24, 2.45) is 7.05 Å². The van der Waals surface area contributed by atoms with E-state index in [1.165, 1.54) is 40.3 Å². The number of rotatable bonds is 5. The van der Waals surface area contributed by atoms with Crippen LogP contribution in [-0.2, 0) is 13.6 Å². The first-order valence-electron chi connectivity index (χ1n) is 11.1. The van der Waals surface area contributed by atoms with Crippen LogP contribution in [0, 0.1) is 5.82 Å². The molecule has 5 rings (SSSR count). The van der Waals surface area contributed by atoms with Gasteiger partial charge in [-0.1, -0.05) is 12.8 Å². The van der Waals surface area contributed by atoms with Crippen molar-refractivity contribution in [2.45, 2.75) is 38.3 Å². The third kappa shape index (κ3) is 3.70. The van der Waals surface area contributed by atoms with Gasteiger partial charge in [0.1, 0.15) is 12.4 Å². The van der Waals surface area contributed by atoms with Crippen molar-refractivity contribution in [1.82, 2.24) is 24.1 Å². The minimum Gasteiger partial charge on any atom is -0.349 e. The van der Waals surface area contributed by atoms with Gasteiger partial charge in [-0.15, -0.1) is 5.10 Å². The first-order chi connectivity index (χ1) is 16.3. The number of ketones is 1. The van der Waals surface area contributed by atoms with Gasteiger partial charge in [-0.2, -0.15) is 0 Å². The number of aryl methyl sites for hydroxylation is 1. The van der Waals surface area contributed by atoms with Gasteiger partial charge in [0, 0.05) is 24.2 Å². The number of Topliss-reactive ketones (excluding diaryl/α,β-unsaturated/α-hetero) is 1. The molecule has 0 atom stereocenters. The smallest absolute Gasteiger partial charge is 0.349 e. The highest BCUT2D eigenvalue weighted by atomic mass is 19.1. The summed E-state index contributed by atoms with van der Waals surface area (Å²) in [4.78, 5) is 51.5. The quantitative estimate of drug-likeness (QED) is 0.456. The van der Waals surface area contributed by atoms with Crippen molar-refractivity contribution in [3.8, 4) is 0 Å². The number of aromatic nitrogens is 4. The van der Waals surface area contributed by atoms with Gasteiger partial charge in [-0.3, -0.25) is 19.0 Å². The normalized spacial score (nSPS) is 14.2. The fourth-order valence-electron chi connectivity index (χ4n) is 4.44. The van der Waals surface area contributed by atoms with Crippen LogP contribution in [0.5, 0.6) is 0 Å². The summed E-state index contributed by atoms with van der Waals surface area (Å²) >= 11 is 0. The molecule has 0 radical (unpaired) electrons. The lowest BCUT2D eigenvalue weighted by Crippen LogP contribution is -2.32. The number of hydrogen-bond acceptors (Lipinski definition) is 5. The van der Waals surface area contributed by atoms with Gasteiger partial charge in [-0.25, -0.2) is 18.3 Å². The molecule has 2 aromatic carbocycles. The largest absolute Gasteiger partial charge is 0.352 e. The van der Waals surface area contributed by atoms with Crippen LogP contribution in [0.15, 0.2) is 52.1 Å². The van der Waals surface area contributed by atoms with Crippen LogP contribution in [0.1, 0.15) is 46.4 Å². The molecular formula is C24H22FN5O4. The fraction of sp³-hybridized carbons (Fsp3) is 0.292. The van der Waals surface area contributed by atoms with Crippen molar-refractivity contribution < 1.29 is 14.0 Å². The molecule has 9 nitrogen and oxygen atoms in total. The van der Waals surface area contributed by atoms with Crippen molar-refractivity contribution in [3.63, 3.8) is 0 Å². The van der Waals surface area contributed by atoms with Gasteiger partial charge in [0.05, 0.1) is 10.9 Å². The molecule has 0 bridgehead atoms. The van der Waals surface area contributed by atoms with Gasteiger partial charge in [0.2, 0.25) is 5.78 Å². The number of hydrogen-bond donors (Lipinski definition) is 1. The highest BCUT2D eigenvalue weighted by molar-refractivity contribution is 5.98. The third-order valence-corrected chi connectivity index (χ3v) is 6.31. The Morgan fingerprint density at radius 2 is 1.74 bits per heavy atom. The molecule has 1 aliphatic rings.